The molecule has 0 spiro atoms. The fourth-order valence-electron chi connectivity index (χ4n) is 2.38. The third kappa shape index (κ3) is 13.2. The van der Waals surface area contributed by atoms with E-state index >= 15 is 0 Å². The van der Waals surface area contributed by atoms with E-state index in [-0.39, 0.29) is 24.0 Å². The Hall–Kier alpha value is -0.120. The molecule has 6 nitrogen and oxygen atoms in total. The number of hydrogen-bond donors (Lipinski definition) is 2. The van der Waals surface area contributed by atoms with E-state index in [1.54, 1.807) is 0 Å². The van der Waals surface area contributed by atoms with Gasteiger partial charge in [0.2, 0.25) is 0 Å². The van der Waals surface area contributed by atoms with Crippen LogP contribution in [0.5, 0.6) is 0 Å². The highest BCUT2D eigenvalue weighted by atomic mass is 127. The lowest BCUT2D eigenvalue weighted by atomic mass is 10.3. The molecule has 1 fully saturated rings. The van der Waals surface area contributed by atoms with Crippen LogP contribution in [-0.2, 0) is 9.47 Å². The summed E-state index contributed by atoms with van der Waals surface area (Å²) >= 11 is 0. The fraction of sp³-hybridized carbons (Fsp3) is 0.941. The summed E-state index contributed by atoms with van der Waals surface area (Å²) < 4.78 is 10.9. The zero-order valence-corrected chi connectivity index (χ0v) is 17.8. The second-order valence-electron chi connectivity index (χ2n) is 5.81. The van der Waals surface area contributed by atoms with Crippen molar-refractivity contribution in [1.29, 1.82) is 0 Å². The molecule has 0 bridgehead atoms. The minimum Gasteiger partial charge on any atom is -0.381 e. The van der Waals surface area contributed by atoms with Gasteiger partial charge in [0.15, 0.2) is 5.96 Å². The average Bonchev–Trinajstić information content (AvgIpc) is 2.58. The molecule has 0 aromatic heterocycles. The number of nitrogens with zero attached hydrogens (tertiary/aromatic N) is 2. The van der Waals surface area contributed by atoms with Crippen molar-refractivity contribution >= 4 is 29.9 Å². The first-order chi connectivity index (χ1) is 11.4. The minimum absolute atomic E-state index is 0. The summed E-state index contributed by atoms with van der Waals surface area (Å²) in [6, 6.07) is 0. The first-order valence-corrected chi connectivity index (χ1v) is 9.26. The lowest BCUT2D eigenvalue weighted by Crippen LogP contribution is -2.40. The second-order valence-corrected chi connectivity index (χ2v) is 5.81. The molecular formula is C17H37IN4O2. The van der Waals surface area contributed by atoms with Crippen molar-refractivity contribution in [3.63, 3.8) is 0 Å². The number of unbranched alkanes of at least 4 members (excludes halogenated alkanes) is 1. The highest BCUT2D eigenvalue weighted by Gasteiger charge is 2.09. The standard InChI is InChI=1S/C17H36N4O2.HI/c1-3-5-13-22-14-7-9-20-17(18-4-2)19-8-6-10-21-11-15-23-16-12-21;/h3-16H2,1-2H3,(H2,18,19,20);1H. The quantitative estimate of drug-likeness (QED) is 0.204. The predicted octanol–water partition coefficient (Wildman–Crippen LogP) is 2.09. The number of aliphatic imine (C=N–C) groups is 1. The zero-order valence-electron chi connectivity index (χ0n) is 15.5. The molecular weight excluding hydrogens is 419 g/mol. The van der Waals surface area contributed by atoms with Gasteiger partial charge in [-0.25, -0.2) is 0 Å². The zero-order chi connectivity index (χ0) is 16.6. The summed E-state index contributed by atoms with van der Waals surface area (Å²) in [5.74, 6) is 0.919. The molecule has 7 heteroatoms. The van der Waals surface area contributed by atoms with Crippen LogP contribution in [0.15, 0.2) is 4.99 Å². The van der Waals surface area contributed by atoms with Crippen LogP contribution < -0.4 is 10.6 Å². The number of ether oxygens (including phenoxy) is 2. The van der Waals surface area contributed by atoms with Crippen molar-refractivity contribution in [3.05, 3.63) is 0 Å². The van der Waals surface area contributed by atoms with E-state index in [0.717, 1.165) is 90.9 Å². The number of morpholine rings is 1. The van der Waals surface area contributed by atoms with Gasteiger partial charge in [-0.15, -0.1) is 24.0 Å². The molecule has 2 N–H and O–H groups in total. The number of hydrogen-bond acceptors (Lipinski definition) is 4. The Labute approximate surface area is 165 Å². The van der Waals surface area contributed by atoms with Crippen LogP contribution in [0.1, 0.15) is 39.5 Å². The molecule has 0 aliphatic carbocycles. The normalized spacial score (nSPS) is 15.8. The Morgan fingerprint density at radius 3 is 2.54 bits per heavy atom. The van der Waals surface area contributed by atoms with Crippen molar-refractivity contribution < 1.29 is 9.47 Å². The van der Waals surface area contributed by atoms with E-state index in [1.807, 2.05) is 0 Å². The lowest BCUT2D eigenvalue weighted by molar-refractivity contribution is 0.0376. The molecule has 1 rings (SSSR count). The van der Waals surface area contributed by atoms with E-state index < -0.39 is 0 Å². The van der Waals surface area contributed by atoms with Gasteiger partial charge < -0.3 is 20.1 Å². The molecule has 0 unspecified atom stereocenters. The van der Waals surface area contributed by atoms with Crippen LogP contribution in [0.3, 0.4) is 0 Å². The van der Waals surface area contributed by atoms with Crippen LogP contribution in [0, 0.1) is 0 Å². The molecule has 144 valence electrons. The molecule has 24 heavy (non-hydrogen) atoms. The third-order valence-electron chi connectivity index (χ3n) is 3.75. The van der Waals surface area contributed by atoms with Crippen molar-refractivity contribution in [3.8, 4) is 0 Å². The Balaban J connectivity index is 0.00000529. The largest absolute Gasteiger partial charge is 0.381 e. The van der Waals surface area contributed by atoms with Crippen molar-refractivity contribution in [1.82, 2.24) is 15.5 Å². The Morgan fingerprint density at radius 1 is 1.08 bits per heavy atom. The monoisotopic (exact) mass is 456 g/mol. The Morgan fingerprint density at radius 2 is 1.83 bits per heavy atom. The number of halogens is 1. The topological polar surface area (TPSA) is 58.1 Å². The molecule has 1 aliphatic rings. The smallest absolute Gasteiger partial charge is 0.191 e. The van der Waals surface area contributed by atoms with Gasteiger partial charge in [-0.1, -0.05) is 13.3 Å². The molecule has 1 saturated heterocycles. The number of rotatable bonds is 12. The maximum atomic E-state index is 5.56. The van der Waals surface area contributed by atoms with E-state index in [2.05, 4.69) is 34.4 Å². The van der Waals surface area contributed by atoms with Gasteiger partial charge in [-0.2, -0.15) is 0 Å². The average molecular weight is 456 g/mol. The molecule has 0 aromatic carbocycles. The molecule has 1 aliphatic heterocycles. The van der Waals surface area contributed by atoms with Crippen LogP contribution in [0.2, 0.25) is 0 Å². The Kier molecular flexibility index (Phi) is 17.6. The first-order valence-electron chi connectivity index (χ1n) is 9.26. The highest BCUT2D eigenvalue weighted by molar-refractivity contribution is 14.0. The Bertz CT molecular complexity index is 300. The van der Waals surface area contributed by atoms with Gasteiger partial charge in [-0.3, -0.25) is 9.89 Å². The molecule has 0 radical (unpaired) electrons. The van der Waals surface area contributed by atoms with Crippen LogP contribution in [0.4, 0.5) is 0 Å². The van der Waals surface area contributed by atoms with Gasteiger partial charge in [0.05, 0.1) is 13.2 Å². The molecule has 0 atom stereocenters. The summed E-state index contributed by atoms with van der Waals surface area (Å²) in [7, 11) is 0. The van der Waals surface area contributed by atoms with Gasteiger partial charge in [0.25, 0.3) is 0 Å². The van der Waals surface area contributed by atoms with Gasteiger partial charge in [0.1, 0.15) is 0 Å². The predicted molar refractivity (Wildman–Crippen MR) is 112 cm³/mol. The number of nitrogens with one attached hydrogen (secondary N) is 2. The first kappa shape index (κ1) is 23.9. The van der Waals surface area contributed by atoms with E-state index in [4.69, 9.17) is 9.47 Å². The van der Waals surface area contributed by atoms with E-state index in [1.165, 1.54) is 6.42 Å². The minimum atomic E-state index is 0. The number of guanidine groups is 1. The van der Waals surface area contributed by atoms with Gasteiger partial charge in [-0.05, 0) is 32.7 Å². The van der Waals surface area contributed by atoms with E-state index in [0.29, 0.717) is 0 Å². The van der Waals surface area contributed by atoms with Crippen molar-refractivity contribution in [2.45, 2.75) is 39.5 Å². The SMILES string of the molecule is CCCCOCCCN=C(NCC)NCCCN1CCOCC1.I. The van der Waals surface area contributed by atoms with Crippen LogP contribution in [-0.4, -0.2) is 76.6 Å². The highest BCUT2D eigenvalue weighted by Crippen LogP contribution is 1.97. The summed E-state index contributed by atoms with van der Waals surface area (Å²) in [4.78, 5) is 7.06. The van der Waals surface area contributed by atoms with E-state index in [9.17, 15) is 0 Å². The molecule has 0 aromatic rings. The maximum absolute atomic E-state index is 5.56. The second kappa shape index (κ2) is 17.7. The maximum Gasteiger partial charge on any atom is 0.191 e. The summed E-state index contributed by atoms with van der Waals surface area (Å²) in [6.45, 7) is 13.6. The molecule has 0 saturated carbocycles. The summed E-state index contributed by atoms with van der Waals surface area (Å²) in [6.07, 6.45) is 4.45. The molecule has 1 heterocycles. The third-order valence-corrected chi connectivity index (χ3v) is 3.75. The summed E-state index contributed by atoms with van der Waals surface area (Å²) in [5, 5.41) is 6.71. The van der Waals surface area contributed by atoms with Crippen molar-refractivity contribution in [2.75, 3.05) is 65.7 Å². The van der Waals surface area contributed by atoms with Gasteiger partial charge in [0, 0.05) is 45.9 Å². The van der Waals surface area contributed by atoms with Crippen LogP contribution >= 0.6 is 24.0 Å². The molecule has 0 amide bonds. The fourth-order valence-corrected chi connectivity index (χ4v) is 2.38. The lowest BCUT2D eigenvalue weighted by Gasteiger charge is -2.26. The summed E-state index contributed by atoms with van der Waals surface area (Å²) in [5.41, 5.74) is 0. The van der Waals surface area contributed by atoms with Crippen molar-refractivity contribution in [2.24, 2.45) is 4.99 Å². The van der Waals surface area contributed by atoms with Crippen LogP contribution in [0.25, 0.3) is 0 Å². The van der Waals surface area contributed by atoms with Gasteiger partial charge >= 0.3 is 0 Å².